The predicted molar refractivity (Wildman–Crippen MR) is 265 cm³/mol. The second-order valence-corrected chi connectivity index (χ2v) is 16.0. The fourth-order valence-corrected chi connectivity index (χ4v) is 6.31. The lowest BCUT2D eigenvalue weighted by Crippen LogP contribution is -2.30. The Labute approximate surface area is 380 Å². The van der Waals surface area contributed by atoms with Crippen molar-refractivity contribution in [1.82, 2.24) is 0 Å². The number of hydrogen-bond donors (Lipinski definition) is 0. The van der Waals surface area contributed by atoms with Crippen LogP contribution in [0.4, 0.5) is 0 Å². The molecule has 0 N–H and O–H groups in total. The topological polar surface area (TPSA) is 78.9 Å². The maximum absolute atomic E-state index is 12.8. The van der Waals surface area contributed by atoms with Gasteiger partial charge in [-0.2, -0.15) is 0 Å². The van der Waals surface area contributed by atoms with E-state index >= 15 is 0 Å². The fraction of sp³-hybridized carbons (Fsp3) is 0.625. The van der Waals surface area contributed by atoms with Gasteiger partial charge in [0.2, 0.25) is 0 Å². The lowest BCUT2D eigenvalue weighted by molar-refractivity contribution is -0.167. The van der Waals surface area contributed by atoms with Gasteiger partial charge in [-0.15, -0.1) is 0 Å². The summed E-state index contributed by atoms with van der Waals surface area (Å²) in [5.41, 5.74) is 0. The van der Waals surface area contributed by atoms with Crippen molar-refractivity contribution < 1.29 is 28.6 Å². The van der Waals surface area contributed by atoms with E-state index in [0.29, 0.717) is 19.3 Å². The zero-order chi connectivity index (χ0) is 45.1. The molecule has 0 heterocycles. The Morgan fingerprint density at radius 2 is 0.645 bits per heavy atom. The van der Waals surface area contributed by atoms with Crippen molar-refractivity contribution in [3.63, 3.8) is 0 Å². The zero-order valence-corrected chi connectivity index (χ0v) is 39.8. The van der Waals surface area contributed by atoms with E-state index in [1.165, 1.54) is 32.1 Å². The molecular formula is C56H90O6. The first kappa shape index (κ1) is 58.1. The van der Waals surface area contributed by atoms with Crippen LogP contribution in [0.2, 0.25) is 0 Å². The standard InChI is InChI=1S/C56H90O6/c1-4-7-10-13-16-19-22-25-27-28-30-31-34-37-40-43-46-49-55(58)61-52-53(51-60-54(57)48-45-42-39-36-33-24-21-18-15-12-9-6-3)62-56(59)50-47-44-41-38-35-32-29-26-23-20-17-14-11-8-5-2/h7-8,10-11,16-21,25-27,29-31,37,40,53H,4-6,9,12-15,22-24,28,32-36,38-39,41-52H2,1-3H3/b10-7-,11-8-,19-16-,20-17-,21-18-,27-25-,29-26-,31-30-,40-37-/t53-/m1/s1. The molecule has 6 heteroatoms. The minimum Gasteiger partial charge on any atom is -0.462 e. The monoisotopic (exact) mass is 859 g/mol. The molecule has 0 rings (SSSR count). The summed E-state index contributed by atoms with van der Waals surface area (Å²) in [4.78, 5) is 37.9. The van der Waals surface area contributed by atoms with Crippen molar-refractivity contribution in [1.29, 1.82) is 0 Å². The molecule has 6 nitrogen and oxygen atoms in total. The van der Waals surface area contributed by atoms with E-state index in [1.54, 1.807) is 0 Å². The third kappa shape index (κ3) is 47.1. The summed E-state index contributed by atoms with van der Waals surface area (Å²) in [6, 6.07) is 0. The van der Waals surface area contributed by atoms with Crippen molar-refractivity contribution in [3.8, 4) is 0 Å². The van der Waals surface area contributed by atoms with Crippen LogP contribution in [0, 0.1) is 0 Å². The van der Waals surface area contributed by atoms with Crippen LogP contribution in [0.1, 0.15) is 207 Å². The van der Waals surface area contributed by atoms with Crippen molar-refractivity contribution >= 4 is 17.9 Å². The number of esters is 3. The zero-order valence-electron chi connectivity index (χ0n) is 39.8. The smallest absolute Gasteiger partial charge is 0.306 e. The summed E-state index contributed by atoms with van der Waals surface area (Å²) in [5.74, 6) is -1.00. The molecule has 1 atom stereocenters. The molecule has 350 valence electrons. The quantitative estimate of drug-likeness (QED) is 0.0263. The van der Waals surface area contributed by atoms with Gasteiger partial charge in [-0.05, 0) is 116 Å². The van der Waals surface area contributed by atoms with Crippen LogP contribution < -0.4 is 0 Å². The average Bonchev–Trinajstić information content (AvgIpc) is 3.27. The molecule has 0 bridgehead atoms. The normalized spacial score (nSPS) is 13.0. The molecule has 62 heavy (non-hydrogen) atoms. The number of ether oxygens (including phenoxy) is 3. The predicted octanol–water partition coefficient (Wildman–Crippen LogP) is 16.4. The Hall–Kier alpha value is -3.93. The van der Waals surface area contributed by atoms with Crippen LogP contribution >= 0.6 is 0 Å². The molecule has 0 aliphatic heterocycles. The summed E-state index contributed by atoms with van der Waals surface area (Å²) in [6.07, 6.45) is 66.4. The lowest BCUT2D eigenvalue weighted by Gasteiger charge is -2.18. The third-order valence-electron chi connectivity index (χ3n) is 9.99. The number of hydrogen-bond acceptors (Lipinski definition) is 6. The van der Waals surface area contributed by atoms with E-state index in [1.807, 2.05) is 0 Å². The van der Waals surface area contributed by atoms with Gasteiger partial charge in [0.05, 0.1) is 0 Å². The minimum absolute atomic E-state index is 0.109. The highest BCUT2D eigenvalue weighted by Gasteiger charge is 2.19. The van der Waals surface area contributed by atoms with Crippen molar-refractivity contribution in [2.24, 2.45) is 0 Å². The molecule has 0 aromatic carbocycles. The van der Waals surface area contributed by atoms with Crippen molar-refractivity contribution in [2.45, 2.75) is 213 Å². The van der Waals surface area contributed by atoms with Crippen LogP contribution in [0.5, 0.6) is 0 Å². The van der Waals surface area contributed by atoms with E-state index in [-0.39, 0.29) is 37.5 Å². The molecule has 0 aromatic heterocycles. The highest BCUT2D eigenvalue weighted by molar-refractivity contribution is 5.71. The van der Waals surface area contributed by atoms with Gasteiger partial charge in [0, 0.05) is 19.3 Å². The molecule has 0 fully saturated rings. The first-order valence-corrected chi connectivity index (χ1v) is 24.9. The fourth-order valence-electron chi connectivity index (χ4n) is 6.31. The number of rotatable bonds is 43. The van der Waals surface area contributed by atoms with Gasteiger partial charge >= 0.3 is 17.9 Å². The Kier molecular flexibility index (Phi) is 46.6. The molecule has 0 aliphatic carbocycles. The molecule has 0 saturated heterocycles. The van der Waals surface area contributed by atoms with Gasteiger partial charge in [0.1, 0.15) is 13.2 Å². The molecular weight excluding hydrogens is 769 g/mol. The minimum atomic E-state index is -0.814. The van der Waals surface area contributed by atoms with E-state index in [2.05, 4.69) is 130 Å². The number of carbonyl (C=O) groups is 3. The van der Waals surface area contributed by atoms with Crippen LogP contribution in [0.3, 0.4) is 0 Å². The highest BCUT2D eigenvalue weighted by atomic mass is 16.6. The first-order chi connectivity index (χ1) is 30.5. The summed E-state index contributed by atoms with van der Waals surface area (Å²) < 4.78 is 16.7. The molecule has 0 amide bonds. The lowest BCUT2D eigenvalue weighted by atomic mass is 10.1. The Bertz CT molecular complexity index is 1310. The SMILES string of the molecule is CC/C=C\C/C=C\C/C=C\C/C=C\C/C=C\CCCC(=O)OC[C@@H](COC(=O)CCCCCCC/C=C\CCCCC)OC(=O)CCCCCCC/C=C\C/C=C\C/C=C\CC. The maximum atomic E-state index is 12.8. The van der Waals surface area contributed by atoms with Gasteiger partial charge in [-0.25, -0.2) is 0 Å². The van der Waals surface area contributed by atoms with Gasteiger partial charge in [-0.3, -0.25) is 14.4 Å². The van der Waals surface area contributed by atoms with E-state index in [0.717, 1.165) is 128 Å². The van der Waals surface area contributed by atoms with E-state index in [9.17, 15) is 14.4 Å². The Balaban J connectivity index is 4.53. The number of allylic oxidation sites excluding steroid dienone is 18. The van der Waals surface area contributed by atoms with Crippen molar-refractivity contribution in [2.75, 3.05) is 13.2 Å². The Morgan fingerprint density at radius 3 is 1.06 bits per heavy atom. The summed E-state index contributed by atoms with van der Waals surface area (Å²) in [7, 11) is 0. The highest BCUT2D eigenvalue weighted by Crippen LogP contribution is 2.12. The summed E-state index contributed by atoms with van der Waals surface area (Å²) in [6.45, 7) is 6.29. The van der Waals surface area contributed by atoms with E-state index < -0.39 is 6.10 Å². The van der Waals surface area contributed by atoms with E-state index in [4.69, 9.17) is 14.2 Å². The van der Waals surface area contributed by atoms with Crippen LogP contribution in [-0.2, 0) is 28.6 Å². The maximum Gasteiger partial charge on any atom is 0.306 e. The summed E-state index contributed by atoms with van der Waals surface area (Å²) >= 11 is 0. The second-order valence-electron chi connectivity index (χ2n) is 16.0. The summed E-state index contributed by atoms with van der Waals surface area (Å²) in [5, 5.41) is 0. The van der Waals surface area contributed by atoms with Gasteiger partial charge in [-0.1, -0.05) is 182 Å². The first-order valence-electron chi connectivity index (χ1n) is 24.9. The molecule has 0 spiro atoms. The van der Waals surface area contributed by atoms with Gasteiger partial charge in [0.25, 0.3) is 0 Å². The van der Waals surface area contributed by atoms with Gasteiger partial charge in [0.15, 0.2) is 6.10 Å². The van der Waals surface area contributed by atoms with Crippen LogP contribution in [0.15, 0.2) is 109 Å². The molecule has 0 aliphatic rings. The number of unbranched alkanes of at least 4 members (excludes halogenated alkanes) is 14. The average molecular weight is 859 g/mol. The molecule has 0 aromatic rings. The van der Waals surface area contributed by atoms with Crippen LogP contribution in [-0.4, -0.2) is 37.2 Å². The number of carbonyl (C=O) groups excluding carboxylic acids is 3. The second kappa shape index (κ2) is 49.7. The molecule has 0 unspecified atom stereocenters. The molecule has 0 saturated carbocycles. The van der Waals surface area contributed by atoms with Gasteiger partial charge < -0.3 is 14.2 Å². The molecule has 0 radical (unpaired) electrons. The third-order valence-corrected chi connectivity index (χ3v) is 9.99. The van der Waals surface area contributed by atoms with Crippen molar-refractivity contribution in [3.05, 3.63) is 109 Å². The largest absolute Gasteiger partial charge is 0.462 e. The Morgan fingerprint density at radius 1 is 0.339 bits per heavy atom. The van der Waals surface area contributed by atoms with Crippen LogP contribution in [0.25, 0.3) is 0 Å².